The molecule has 0 aromatic carbocycles. The number of hydrogen-bond donors (Lipinski definition) is 1. The highest BCUT2D eigenvalue weighted by Gasteiger charge is 2.09. The summed E-state index contributed by atoms with van der Waals surface area (Å²) in [5.41, 5.74) is 1.73. The van der Waals surface area contributed by atoms with E-state index in [2.05, 4.69) is 52.5 Å². The monoisotopic (exact) mass is 233 g/mol. The molecule has 0 saturated carbocycles. The van der Waals surface area contributed by atoms with Crippen molar-refractivity contribution in [3.05, 3.63) is 12.5 Å². The lowest BCUT2D eigenvalue weighted by molar-refractivity contribution is 0.612. The molecule has 0 fully saturated rings. The number of aromatic nitrogens is 4. The van der Waals surface area contributed by atoms with E-state index >= 15 is 0 Å². The third kappa shape index (κ3) is 2.38. The Kier molecular flexibility index (Phi) is 3.26. The Bertz CT molecular complexity index is 503. The standard InChI is InChI=1S/C12H19N5/c1-5-9(4)15-12-13-6-10-11(16-12)17(7-14-10)8(2)3/h6-9H,5H2,1-4H3,(H,13,15,16). The van der Waals surface area contributed by atoms with Crippen molar-refractivity contribution in [3.63, 3.8) is 0 Å². The average Bonchev–Trinajstić information content (AvgIpc) is 2.71. The van der Waals surface area contributed by atoms with Gasteiger partial charge in [-0.15, -0.1) is 0 Å². The summed E-state index contributed by atoms with van der Waals surface area (Å²) >= 11 is 0. The number of nitrogens with one attached hydrogen (secondary N) is 1. The molecule has 0 aliphatic carbocycles. The van der Waals surface area contributed by atoms with Gasteiger partial charge in [-0.25, -0.2) is 9.97 Å². The molecule has 0 bridgehead atoms. The molecule has 2 rings (SSSR count). The minimum Gasteiger partial charge on any atom is -0.352 e. The molecule has 17 heavy (non-hydrogen) atoms. The molecule has 0 aliphatic rings. The summed E-state index contributed by atoms with van der Waals surface area (Å²) in [5.74, 6) is 0.675. The van der Waals surface area contributed by atoms with Gasteiger partial charge in [0.1, 0.15) is 5.52 Å². The summed E-state index contributed by atoms with van der Waals surface area (Å²) in [7, 11) is 0. The van der Waals surface area contributed by atoms with Gasteiger partial charge in [0, 0.05) is 12.1 Å². The molecule has 0 saturated heterocycles. The van der Waals surface area contributed by atoms with E-state index in [9.17, 15) is 0 Å². The van der Waals surface area contributed by atoms with Crippen molar-refractivity contribution in [2.24, 2.45) is 0 Å². The van der Waals surface area contributed by atoms with E-state index in [1.165, 1.54) is 0 Å². The van der Waals surface area contributed by atoms with Crippen LogP contribution >= 0.6 is 0 Å². The summed E-state index contributed by atoms with van der Waals surface area (Å²) in [4.78, 5) is 13.1. The van der Waals surface area contributed by atoms with Crippen LogP contribution in [-0.4, -0.2) is 25.6 Å². The van der Waals surface area contributed by atoms with Crippen molar-refractivity contribution in [3.8, 4) is 0 Å². The van der Waals surface area contributed by atoms with E-state index in [0.29, 0.717) is 18.0 Å². The van der Waals surface area contributed by atoms with E-state index in [1.54, 1.807) is 6.20 Å². The largest absolute Gasteiger partial charge is 0.352 e. The van der Waals surface area contributed by atoms with Gasteiger partial charge in [0.05, 0.1) is 12.5 Å². The fourth-order valence-corrected chi connectivity index (χ4v) is 1.60. The molecule has 0 spiro atoms. The highest BCUT2D eigenvalue weighted by atomic mass is 15.2. The average molecular weight is 233 g/mol. The van der Waals surface area contributed by atoms with Crippen LogP contribution in [0.3, 0.4) is 0 Å². The van der Waals surface area contributed by atoms with Crippen molar-refractivity contribution >= 4 is 17.1 Å². The first kappa shape index (κ1) is 11.8. The molecule has 1 unspecified atom stereocenters. The van der Waals surface area contributed by atoms with Crippen LogP contribution < -0.4 is 5.32 Å². The lowest BCUT2D eigenvalue weighted by Crippen LogP contribution is -2.15. The highest BCUT2D eigenvalue weighted by Crippen LogP contribution is 2.16. The van der Waals surface area contributed by atoms with Crippen LogP contribution in [0.1, 0.15) is 40.2 Å². The molecule has 0 radical (unpaired) electrons. The van der Waals surface area contributed by atoms with E-state index in [-0.39, 0.29) is 0 Å². The zero-order valence-corrected chi connectivity index (χ0v) is 10.8. The van der Waals surface area contributed by atoms with Crippen LogP contribution in [-0.2, 0) is 0 Å². The van der Waals surface area contributed by atoms with Gasteiger partial charge in [-0.3, -0.25) is 0 Å². The Labute approximate surface area is 101 Å². The summed E-state index contributed by atoms with van der Waals surface area (Å²) < 4.78 is 2.05. The molecule has 1 N–H and O–H groups in total. The Morgan fingerprint density at radius 3 is 2.71 bits per heavy atom. The molecule has 5 heteroatoms. The van der Waals surface area contributed by atoms with Crippen molar-refractivity contribution < 1.29 is 0 Å². The molecule has 2 aromatic rings. The first-order valence-corrected chi connectivity index (χ1v) is 6.08. The molecule has 5 nitrogen and oxygen atoms in total. The summed E-state index contributed by atoms with van der Waals surface area (Å²) in [6, 6.07) is 0.731. The van der Waals surface area contributed by atoms with Gasteiger partial charge >= 0.3 is 0 Å². The number of nitrogens with zero attached hydrogens (tertiary/aromatic N) is 4. The fourth-order valence-electron chi connectivity index (χ4n) is 1.60. The lowest BCUT2D eigenvalue weighted by Gasteiger charge is -2.12. The first-order chi connectivity index (χ1) is 8.11. The molecule has 0 aliphatic heterocycles. The number of hydrogen-bond acceptors (Lipinski definition) is 4. The Morgan fingerprint density at radius 2 is 2.06 bits per heavy atom. The minimum atomic E-state index is 0.353. The zero-order chi connectivity index (χ0) is 12.4. The summed E-state index contributed by atoms with van der Waals surface area (Å²) in [6.07, 6.45) is 4.63. The van der Waals surface area contributed by atoms with Crippen LogP contribution in [0, 0.1) is 0 Å². The van der Waals surface area contributed by atoms with Crippen LogP contribution in [0.15, 0.2) is 12.5 Å². The van der Waals surface area contributed by atoms with Gasteiger partial charge in [0.2, 0.25) is 5.95 Å². The predicted octanol–water partition coefficient (Wildman–Crippen LogP) is 2.62. The van der Waals surface area contributed by atoms with Gasteiger partial charge in [-0.05, 0) is 27.2 Å². The number of imidazole rings is 1. The SMILES string of the molecule is CCC(C)Nc1ncc2ncn(C(C)C)c2n1. The van der Waals surface area contributed by atoms with Gasteiger partial charge in [0.15, 0.2) is 5.65 Å². The van der Waals surface area contributed by atoms with Gasteiger partial charge in [-0.2, -0.15) is 4.98 Å². The van der Waals surface area contributed by atoms with E-state index in [1.807, 2.05) is 6.33 Å². The van der Waals surface area contributed by atoms with Gasteiger partial charge < -0.3 is 9.88 Å². The number of fused-ring (bicyclic) bond motifs is 1. The number of anilines is 1. The zero-order valence-electron chi connectivity index (χ0n) is 10.8. The lowest BCUT2D eigenvalue weighted by atomic mass is 10.3. The maximum absolute atomic E-state index is 4.52. The van der Waals surface area contributed by atoms with Crippen LogP contribution in [0.25, 0.3) is 11.2 Å². The third-order valence-corrected chi connectivity index (χ3v) is 2.86. The molecule has 2 aromatic heterocycles. The van der Waals surface area contributed by atoms with Gasteiger partial charge in [-0.1, -0.05) is 6.92 Å². The second-order valence-corrected chi connectivity index (χ2v) is 4.60. The Balaban J connectivity index is 2.37. The molecule has 92 valence electrons. The smallest absolute Gasteiger partial charge is 0.224 e. The molecule has 0 amide bonds. The van der Waals surface area contributed by atoms with Crippen molar-refractivity contribution in [1.29, 1.82) is 0 Å². The fraction of sp³-hybridized carbons (Fsp3) is 0.583. The Morgan fingerprint density at radius 1 is 1.29 bits per heavy atom. The quantitative estimate of drug-likeness (QED) is 0.882. The second-order valence-electron chi connectivity index (χ2n) is 4.60. The van der Waals surface area contributed by atoms with Crippen molar-refractivity contribution in [1.82, 2.24) is 19.5 Å². The van der Waals surface area contributed by atoms with Crippen LogP contribution in [0.2, 0.25) is 0 Å². The van der Waals surface area contributed by atoms with E-state index in [4.69, 9.17) is 0 Å². The first-order valence-electron chi connectivity index (χ1n) is 6.08. The van der Waals surface area contributed by atoms with E-state index < -0.39 is 0 Å². The Hall–Kier alpha value is -1.65. The normalized spacial score (nSPS) is 13.2. The summed E-state index contributed by atoms with van der Waals surface area (Å²) in [5, 5.41) is 3.28. The van der Waals surface area contributed by atoms with Crippen LogP contribution in [0.4, 0.5) is 5.95 Å². The van der Waals surface area contributed by atoms with E-state index in [0.717, 1.165) is 17.6 Å². The summed E-state index contributed by atoms with van der Waals surface area (Å²) in [6.45, 7) is 8.48. The topological polar surface area (TPSA) is 55.6 Å². The highest BCUT2D eigenvalue weighted by molar-refractivity contribution is 5.71. The molecular weight excluding hydrogens is 214 g/mol. The predicted molar refractivity (Wildman–Crippen MR) is 69.1 cm³/mol. The van der Waals surface area contributed by atoms with Gasteiger partial charge in [0.25, 0.3) is 0 Å². The number of rotatable bonds is 4. The third-order valence-electron chi connectivity index (χ3n) is 2.86. The van der Waals surface area contributed by atoms with Crippen molar-refractivity contribution in [2.45, 2.75) is 46.2 Å². The molecule has 1 atom stereocenters. The second kappa shape index (κ2) is 4.69. The maximum atomic E-state index is 4.52. The minimum absolute atomic E-state index is 0.353. The molecule has 2 heterocycles. The van der Waals surface area contributed by atoms with Crippen molar-refractivity contribution in [2.75, 3.05) is 5.32 Å². The van der Waals surface area contributed by atoms with Crippen LogP contribution in [0.5, 0.6) is 0 Å². The maximum Gasteiger partial charge on any atom is 0.224 e. The molecular formula is C12H19N5.